The summed E-state index contributed by atoms with van der Waals surface area (Å²) >= 11 is 0. The van der Waals surface area contributed by atoms with Crippen molar-refractivity contribution in [1.82, 2.24) is 4.90 Å². The van der Waals surface area contributed by atoms with Gasteiger partial charge in [-0.1, -0.05) is 18.2 Å². The van der Waals surface area contributed by atoms with Crippen molar-refractivity contribution in [3.8, 4) is 5.75 Å². The largest absolute Gasteiger partial charge is 0.477 e. The second-order valence-electron chi connectivity index (χ2n) is 4.28. The zero-order valence-electron chi connectivity index (χ0n) is 10.7. The summed E-state index contributed by atoms with van der Waals surface area (Å²) in [6, 6.07) is 7.51. The number of para-hydroxylation sites is 2. The third kappa shape index (κ3) is 3.06. The molecule has 19 heavy (non-hydrogen) atoms. The number of benzene rings is 1. The van der Waals surface area contributed by atoms with Gasteiger partial charge in [0, 0.05) is 13.1 Å². The van der Waals surface area contributed by atoms with Crippen LogP contribution in [-0.4, -0.2) is 48.3 Å². The lowest BCUT2D eigenvalue weighted by molar-refractivity contribution is -0.138. The molecule has 0 radical (unpaired) electrons. The smallest absolute Gasteiger partial charge is 0.265 e. The van der Waals surface area contributed by atoms with E-state index in [1.807, 2.05) is 24.3 Å². The molecule has 0 bridgehead atoms. The van der Waals surface area contributed by atoms with Gasteiger partial charge in [0.2, 0.25) is 0 Å². The van der Waals surface area contributed by atoms with Gasteiger partial charge in [0.05, 0.1) is 18.8 Å². The molecule has 0 fully saturated rings. The van der Waals surface area contributed by atoms with Gasteiger partial charge < -0.3 is 20.1 Å². The van der Waals surface area contributed by atoms with Crippen LogP contribution in [0.1, 0.15) is 0 Å². The Labute approximate surface area is 112 Å². The zero-order chi connectivity index (χ0) is 13.7. The Morgan fingerprint density at radius 2 is 2.37 bits per heavy atom. The number of hydrogen-bond acceptors (Lipinski definition) is 4. The van der Waals surface area contributed by atoms with Gasteiger partial charge in [0.1, 0.15) is 5.75 Å². The first-order valence-corrected chi connectivity index (χ1v) is 6.26. The Kier molecular flexibility index (Phi) is 4.41. The first-order chi connectivity index (χ1) is 9.26. The second kappa shape index (κ2) is 6.24. The maximum absolute atomic E-state index is 12.3. The van der Waals surface area contributed by atoms with Gasteiger partial charge in [-0.05, 0) is 12.1 Å². The molecule has 1 aromatic carbocycles. The molecule has 0 aliphatic carbocycles. The summed E-state index contributed by atoms with van der Waals surface area (Å²) in [7, 11) is 0. The van der Waals surface area contributed by atoms with Crippen LogP contribution < -0.4 is 10.1 Å². The highest BCUT2D eigenvalue weighted by atomic mass is 16.5. The summed E-state index contributed by atoms with van der Waals surface area (Å²) in [6.07, 6.45) is 1.07. The van der Waals surface area contributed by atoms with Crippen LogP contribution in [0.2, 0.25) is 0 Å². The van der Waals surface area contributed by atoms with Crippen molar-refractivity contribution < 1.29 is 14.6 Å². The summed E-state index contributed by atoms with van der Waals surface area (Å²) in [5.41, 5.74) is 0.893. The quantitative estimate of drug-likeness (QED) is 0.773. The monoisotopic (exact) mass is 262 g/mol. The number of nitrogens with zero attached hydrogens (tertiary/aromatic N) is 1. The Bertz CT molecular complexity index is 462. The lowest BCUT2D eigenvalue weighted by Crippen LogP contribution is -2.47. The van der Waals surface area contributed by atoms with Crippen LogP contribution in [0.15, 0.2) is 36.9 Å². The second-order valence-corrected chi connectivity index (χ2v) is 4.28. The van der Waals surface area contributed by atoms with E-state index in [4.69, 9.17) is 9.84 Å². The maximum atomic E-state index is 12.3. The predicted molar refractivity (Wildman–Crippen MR) is 73.2 cm³/mol. The average Bonchev–Trinajstić information content (AvgIpc) is 2.46. The number of carbonyl (C=O) groups excluding carboxylic acids is 1. The molecule has 0 saturated heterocycles. The van der Waals surface area contributed by atoms with Crippen LogP contribution in [0.4, 0.5) is 5.69 Å². The van der Waals surface area contributed by atoms with Gasteiger partial charge in [0.25, 0.3) is 5.91 Å². The predicted octanol–water partition coefficient (Wildman–Crippen LogP) is 0.866. The van der Waals surface area contributed by atoms with Crippen LogP contribution in [0.25, 0.3) is 0 Å². The van der Waals surface area contributed by atoms with E-state index in [2.05, 4.69) is 11.9 Å². The summed E-state index contributed by atoms with van der Waals surface area (Å²) in [4.78, 5) is 13.8. The lowest BCUT2D eigenvalue weighted by atomic mass is 10.2. The molecule has 102 valence electrons. The lowest BCUT2D eigenvalue weighted by Gasteiger charge is -2.30. The van der Waals surface area contributed by atoms with Gasteiger partial charge in [-0.25, -0.2) is 0 Å². The molecule has 2 N–H and O–H groups in total. The topological polar surface area (TPSA) is 61.8 Å². The van der Waals surface area contributed by atoms with E-state index in [1.54, 1.807) is 6.08 Å². The highest BCUT2D eigenvalue weighted by molar-refractivity contribution is 5.83. The van der Waals surface area contributed by atoms with Crippen molar-refractivity contribution >= 4 is 11.6 Å². The Hall–Kier alpha value is -2.01. The fourth-order valence-electron chi connectivity index (χ4n) is 2.02. The molecular formula is C14H18N2O3. The van der Waals surface area contributed by atoms with Gasteiger partial charge in [-0.3, -0.25) is 4.79 Å². The van der Waals surface area contributed by atoms with Crippen LogP contribution in [0.5, 0.6) is 5.75 Å². The number of aliphatic hydroxyl groups excluding tert-OH is 1. The van der Waals surface area contributed by atoms with E-state index in [0.717, 1.165) is 5.69 Å². The molecule has 0 aromatic heterocycles. The molecule has 1 aliphatic heterocycles. The fourth-order valence-corrected chi connectivity index (χ4v) is 2.02. The fraction of sp³-hybridized carbons (Fsp3) is 0.357. The highest BCUT2D eigenvalue weighted by Gasteiger charge is 2.28. The minimum Gasteiger partial charge on any atom is -0.477 e. The van der Waals surface area contributed by atoms with Gasteiger partial charge in [-0.2, -0.15) is 0 Å². The van der Waals surface area contributed by atoms with Gasteiger partial charge in [-0.15, -0.1) is 6.58 Å². The SMILES string of the molecule is C=CCN(CCO)C(=O)C1CNc2ccccc2O1. The number of anilines is 1. The summed E-state index contributed by atoms with van der Waals surface area (Å²) in [6.45, 7) is 4.65. The Morgan fingerprint density at radius 1 is 1.58 bits per heavy atom. The van der Waals surface area contributed by atoms with E-state index in [-0.39, 0.29) is 19.1 Å². The highest BCUT2D eigenvalue weighted by Crippen LogP contribution is 2.28. The van der Waals surface area contributed by atoms with E-state index < -0.39 is 6.10 Å². The third-order valence-corrected chi connectivity index (χ3v) is 2.94. The molecule has 5 heteroatoms. The van der Waals surface area contributed by atoms with Crippen molar-refractivity contribution in [2.24, 2.45) is 0 Å². The molecule has 5 nitrogen and oxygen atoms in total. The first-order valence-electron chi connectivity index (χ1n) is 6.26. The standard InChI is InChI=1S/C14H18N2O3/c1-2-7-16(8-9-17)14(18)13-10-15-11-5-3-4-6-12(11)19-13/h2-6,13,15,17H,1,7-10H2. The molecule has 1 atom stereocenters. The first kappa shape index (κ1) is 13.4. The number of carbonyl (C=O) groups is 1. The number of rotatable bonds is 5. The summed E-state index contributed by atoms with van der Waals surface area (Å²) in [5.74, 6) is 0.533. The van der Waals surface area contributed by atoms with E-state index >= 15 is 0 Å². The minimum atomic E-state index is -0.568. The number of hydrogen-bond donors (Lipinski definition) is 2. The number of nitrogens with one attached hydrogen (secondary N) is 1. The van der Waals surface area contributed by atoms with Gasteiger partial charge in [0.15, 0.2) is 6.10 Å². The van der Waals surface area contributed by atoms with Crippen molar-refractivity contribution in [2.75, 3.05) is 31.6 Å². The molecule has 1 amide bonds. The molecule has 1 unspecified atom stereocenters. The summed E-state index contributed by atoms with van der Waals surface area (Å²) in [5, 5.41) is 12.2. The van der Waals surface area contributed by atoms with Gasteiger partial charge >= 0.3 is 0 Å². The number of aliphatic hydroxyl groups is 1. The van der Waals surface area contributed by atoms with Crippen molar-refractivity contribution in [2.45, 2.75) is 6.10 Å². The van der Waals surface area contributed by atoms with Crippen LogP contribution >= 0.6 is 0 Å². The molecular weight excluding hydrogens is 244 g/mol. The molecule has 1 heterocycles. The summed E-state index contributed by atoms with van der Waals surface area (Å²) < 4.78 is 5.70. The van der Waals surface area contributed by atoms with E-state index in [0.29, 0.717) is 18.8 Å². The normalized spacial score (nSPS) is 16.8. The molecule has 0 spiro atoms. The van der Waals surface area contributed by atoms with Crippen LogP contribution in [0.3, 0.4) is 0 Å². The minimum absolute atomic E-state index is 0.0731. The Morgan fingerprint density at radius 3 is 3.11 bits per heavy atom. The zero-order valence-corrected chi connectivity index (χ0v) is 10.7. The molecule has 2 rings (SSSR count). The third-order valence-electron chi connectivity index (χ3n) is 2.94. The average molecular weight is 262 g/mol. The van der Waals surface area contributed by atoms with Crippen LogP contribution in [0, 0.1) is 0 Å². The maximum Gasteiger partial charge on any atom is 0.265 e. The number of amides is 1. The van der Waals surface area contributed by atoms with E-state index in [1.165, 1.54) is 4.90 Å². The van der Waals surface area contributed by atoms with Crippen LogP contribution in [-0.2, 0) is 4.79 Å². The van der Waals surface area contributed by atoms with E-state index in [9.17, 15) is 4.79 Å². The number of ether oxygens (including phenoxy) is 1. The van der Waals surface area contributed by atoms with Crippen molar-refractivity contribution in [3.05, 3.63) is 36.9 Å². The molecule has 0 saturated carbocycles. The molecule has 1 aromatic rings. The Balaban J connectivity index is 2.06. The number of fused-ring (bicyclic) bond motifs is 1. The molecule has 1 aliphatic rings. The van der Waals surface area contributed by atoms with Crippen molar-refractivity contribution in [1.29, 1.82) is 0 Å². The van der Waals surface area contributed by atoms with Crippen molar-refractivity contribution in [3.63, 3.8) is 0 Å².